The second-order valence-electron chi connectivity index (χ2n) is 6.03. The van der Waals surface area contributed by atoms with Crippen molar-refractivity contribution in [3.8, 4) is 0 Å². The lowest BCUT2D eigenvalue weighted by Gasteiger charge is -2.22. The van der Waals surface area contributed by atoms with Gasteiger partial charge in [0.2, 0.25) is 0 Å². The summed E-state index contributed by atoms with van der Waals surface area (Å²) >= 11 is 12.0. The lowest BCUT2D eigenvalue weighted by atomic mass is 10.1. The molecule has 10 heteroatoms. The molecule has 27 heavy (non-hydrogen) atoms. The Balaban J connectivity index is 1.60. The molecule has 0 aliphatic carbocycles. The highest BCUT2D eigenvalue weighted by Gasteiger charge is 2.53. The molecule has 2 aromatic carbocycles. The fourth-order valence-corrected chi connectivity index (χ4v) is 3.34. The number of nitrogens with zero attached hydrogens (tertiary/aromatic N) is 2. The Hall–Kier alpha value is -1.94. The number of fused-ring (bicyclic) bond motifs is 2. The van der Waals surface area contributed by atoms with Crippen LogP contribution in [0.25, 0.3) is 0 Å². The maximum absolute atomic E-state index is 14.0. The summed E-state index contributed by atoms with van der Waals surface area (Å²) in [5, 5.41) is 12.2. The average Bonchev–Trinajstić information content (AvgIpc) is 3.13. The molecule has 0 unspecified atom stereocenters. The Bertz CT molecular complexity index is 915. The fourth-order valence-electron chi connectivity index (χ4n) is 2.97. The van der Waals surface area contributed by atoms with Crippen LogP contribution in [-0.2, 0) is 31.6 Å². The van der Waals surface area contributed by atoms with Crippen LogP contribution in [0.2, 0.25) is 10.0 Å². The summed E-state index contributed by atoms with van der Waals surface area (Å²) < 4.78 is 14.0. The van der Waals surface area contributed by atoms with E-state index >= 15 is 0 Å². The summed E-state index contributed by atoms with van der Waals surface area (Å²) in [5.74, 6) is -2.95. The summed E-state index contributed by atoms with van der Waals surface area (Å²) in [7, 11) is 0. The number of hydrogen-bond acceptors (Lipinski definition) is 6. The molecule has 1 saturated heterocycles. The van der Waals surface area contributed by atoms with Crippen LogP contribution in [-0.4, -0.2) is 29.5 Å². The molecule has 0 radical (unpaired) electrons. The Morgan fingerprint density at radius 2 is 1.93 bits per heavy atom. The van der Waals surface area contributed by atoms with Crippen molar-refractivity contribution in [1.29, 1.82) is 0 Å². The van der Waals surface area contributed by atoms with Crippen molar-refractivity contribution >= 4 is 34.9 Å². The van der Waals surface area contributed by atoms with Crippen LogP contribution in [0.4, 0.5) is 10.1 Å². The number of aliphatic carboxylic acids is 1. The first-order valence-electron chi connectivity index (χ1n) is 7.88. The zero-order valence-electron chi connectivity index (χ0n) is 13.7. The Morgan fingerprint density at radius 3 is 2.70 bits per heavy atom. The lowest BCUT2D eigenvalue weighted by Crippen LogP contribution is -2.36. The Kier molecular flexibility index (Phi) is 4.71. The largest absolute Gasteiger partial charge is 0.480 e. The van der Waals surface area contributed by atoms with E-state index in [0.29, 0.717) is 21.3 Å². The number of carboxylic acids is 1. The summed E-state index contributed by atoms with van der Waals surface area (Å²) in [4.78, 5) is 28.2. The molecular formula is C17H13Cl2FN2O5. The molecule has 1 N–H and O–H groups in total. The minimum atomic E-state index is -1.41. The molecule has 1 spiro atoms. The summed E-state index contributed by atoms with van der Waals surface area (Å²) in [6, 6.07) is 9.02. The van der Waals surface area contributed by atoms with Crippen LogP contribution in [0, 0.1) is 5.82 Å². The maximum atomic E-state index is 14.0. The zero-order chi connectivity index (χ0) is 19.2. The number of carbonyl (C=O) groups is 1. The standard InChI is InChI=1S/C17H13Cl2FN2O5/c18-11-1-3-14(20)10(5-11)7-22-25-9-17(27-22)13-6-12(19)2-4-15(13)21(26-17)8-16(23)24/h1-6H,7-9H2,(H,23,24)/t17-/m0/s1. The van der Waals surface area contributed by atoms with Crippen LogP contribution in [0.1, 0.15) is 11.1 Å². The van der Waals surface area contributed by atoms with Crippen molar-refractivity contribution < 1.29 is 28.8 Å². The van der Waals surface area contributed by atoms with Crippen LogP contribution in [0.3, 0.4) is 0 Å². The molecule has 142 valence electrons. The predicted molar refractivity (Wildman–Crippen MR) is 93.2 cm³/mol. The summed E-state index contributed by atoms with van der Waals surface area (Å²) in [5.41, 5.74) is 1.29. The van der Waals surface area contributed by atoms with Gasteiger partial charge in [0.15, 0.2) is 0 Å². The fraction of sp³-hybridized carbons (Fsp3) is 0.235. The number of benzene rings is 2. The first-order chi connectivity index (χ1) is 12.9. The molecular weight excluding hydrogens is 402 g/mol. The van der Waals surface area contributed by atoms with Gasteiger partial charge in [-0.3, -0.25) is 9.63 Å². The van der Waals surface area contributed by atoms with E-state index in [0.717, 1.165) is 5.23 Å². The first-order valence-corrected chi connectivity index (χ1v) is 8.64. The quantitative estimate of drug-likeness (QED) is 0.820. The number of rotatable bonds is 4. The molecule has 1 atom stereocenters. The van der Waals surface area contributed by atoms with Gasteiger partial charge in [-0.2, -0.15) is 0 Å². The second-order valence-corrected chi connectivity index (χ2v) is 6.90. The van der Waals surface area contributed by atoms with E-state index in [2.05, 4.69) is 0 Å². The van der Waals surface area contributed by atoms with Crippen LogP contribution < -0.4 is 5.06 Å². The third kappa shape index (κ3) is 3.47. The van der Waals surface area contributed by atoms with E-state index < -0.39 is 24.1 Å². The number of hydrogen-bond donors (Lipinski definition) is 1. The monoisotopic (exact) mass is 414 g/mol. The SMILES string of the molecule is O=C(O)CN1O[C@]2(CON(Cc3cc(Cl)ccc3F)O2)c2cc(Cl)ccc21. The van der Waals surface area contributed by atoms with Gasteiger partial charge in [-0.25, -0.2) is 19.1 Å². The van der Waals surface area contributed by atoms with Crippen molar-refractivity contribution in [2.45, 2.75) is 12.3 Å². The summed E-state index contributed by atoms with van der Waals surface area (Å²) in [6.45, 7) is -0.520. The number of halogens is 3. The van der Waals surface area contributed by atoms with Crippen molar-refractivity contribution in [2.75, 3.05) is 18.2 Å². The molecule has 2 aliphatic heterocycles. The van der Waals surface area contributed by atoms with Gasteiger partial charge >= 0.3 is 5.97 Å². The summed E-state index contributed by atoms with van der Waals surface area (Å²) in [6.07, 6.45) is 0. The van der Waals surface area contributed by atoms with E-state index in [1.54, 1.807) is 18.2 Å². The van der Waals surface area contributed by atoms with Crippen LogP contribution in [0.5, 0.6) is 0 Å². The minimum absolute atomic E-state index is 0.0493. The Morgan fingerprint density at radius 1 is 1.19 bits per heavy atom. The molecule has 0 saturated carbocycles. The van der Waals surface area contributed by atoms with E-state index in [1.165, 1.54) is 23.3 Å². The van der Waals surface area contributed by atoms with Gasteiger partial charge in [0.05, 0.1) is 12.2 Å². The van der Waals surface area contributed by atoms with Gasteiger partial charge in [-0.05, 0) is 36.4 Å². The average molecular weight is 415 g/mol. The normalized spacial score (nSPS) is 21.8. The highest BCUT2D eigenvalue weighted by atomic mass is 35.5. The third-order valence-corrected chi connectivity index (χ3v) is 4.60. The second kappa shape index (κ2) is 6.90. The number of hydroxylamine groups is 3. The van der Waals surface area contributed by atoms with Gasteiger partial charge in [-0.15, -0.1) is 0 Å². The molecule has 0 bridgehead atoms. The van der Waals surface area contributed by atoms with E-state index in [1.807, 2.05) is 0 Å². The van der Waals surface area contributed by atoms with Gasteiger partial charge in [-0.1, -0.05) is 28.4 Å². The lowest BCUT2D eigenvalue weighted by molar-refractivity contribution is -0.367. The van der Waals surface area contributed by atoms with Crippen molar-refractivity contribution in [3.05, 3.63) is 63.4 Å². The number of carboxylic acid groups (broad SMARTS) is 1. The van der Waals surface area contributed by atoms with E-state index in [9.17, 15) is 9.18 Å². The maximum Gasteiger partial charge on any atom is 0.325 e. The van der Waals surface area contributed by atoms with Gasteiger partial charge in [0.1, 0.15) is 19.0 Å². The third-order valence-electron chi connectivity index (χ3n) is 4.13. The molecule has 7 nitrogen and oxygen atoms in total. The molecule has 0 amide bonds. The zero-order valence-corrected chi connectivity index (χ0v) is 15.2. The van der Waals surface area contributed by atoms with E-state index in [4.69, 9.17) is 42.8 Å². The topological polar surface area (TPSA) is 71.5 Å². The molecule has 2 aromatic rings. The van der Waals surface area contributed by atoms with Crippen molar-refractivity contribution in [3.63, 3.8) is 0 Å². The minimum Gasteiger partial charge on any atom is -0.480 e. The van der Waals surface area contributed by atoms with Crippen molar-refractivity contribution in [2.24, 2.45) is 0 Å². The smallest absolute Gasteiger partial charge is 0.325 e. The van der Waals surface area contributed by atoms with Crippen LogP contribution in [0.15, 0.2) is 36.4 Å². The van der Waals surface area contributed by atoms with Crippen molar-refractivity contribution in [1.82, 2.24) is 5.23 Å². The first kappa shape index (κ1) is 18.4. The highest BCUT2D eigenvalue weighted by molar-refractivity contribution is 6.31. The highest BCUT2D eigenvalue weighted by Crippen LogP contribution is 2.47. The van der Waals surface area contributed by atoms with Crippen LogP contribution >= 0.6 is 23.2 Å². The Labute approximate surface area is 163 Å². The van der Waals surface area contributed by atoms with E-state index in [-0.39, 0.29) is 18.7 Å². The van der Waals surface area contributed by atoms with Gasteiger partial charge < -0.3 is 5.11 Å². The van der Waals surface area contributed by atoms with Gasteiger partial charge in [0, 0.05) is 21.2 Å². The molecule has 0 aromatic heterocycles. The molecule has 2 heterocycles. The molecule has 1 fully saturated rings. The predicted octanol–water partition coefficient (Wildman–Crippen LogP) is 3.50. The van der Waals surface area contributed by atoms with Gasteiger partial charge in [0.25, 0.3) is 5.79 Å². The molecule has 4 rings (SSSR count). The number of anilines is 1. The molecule has 2 aliphatic rings.